The highest BCUT2D eigenvalue weighted by molar-refractivity contribution is 6.85. The monoisotopic (exact) mass is 382 g/mol. The van der Waals surface area contributed by atoms with Gasteiger partial charge in [0.25, 0.3) is 9.28 Å². The van der Waals surface area contributed by atoms with Crippen molar-refractivity contribution < 1.29 is 21.8 Å². The van der Waals surface area contributed by atoms with Crippen LogP contribution in [-0.4, -0.2) is 60.4 Å². The minimum Gasteiger partial charge on any atom is -0.439 e. The van der Waals surface area contributed by atoms with E-state index in [2.05, 4.69) is 52.4 Å². The molecule has 0 aromatic carbocycles. The minimum atomic E-state index is -2.24. The third-order valence-corrected chi connectivity index (χ3v) is 15.6. The quantitative estimate of drug-likeness (QED) is 0.312. The molecule has 0 spiro atoms. The van der Waals surface area contributed by atoms with Crippen LogP contribution in [0.2, 0.25) is 58.4 Å². The first kappa shape index (κ1) is 20.7. The van der Waals surface area contributed by atoms with Gasteiger partial charge in [-0.25, -0.2) is 0 Å². The SMILES string of the molecule is C[SiH](O[Si](C)(C)C)O[Si](C)(CCOCC1CO1)O[Si](C)(C)C. The van der Waals surface area contributed by atoms with Crippen LogP contribution in [0.15, 0.2) is 0 Å². The zero-order valence-corrected chi connectivity index (χ0v) is 19.7. The predicted octanol–water partition coefficient (Wildman–Crippen LogP) is 3.04. The summed E-state index contributed by atoms with van der Waals surface area (Å²) in [6.07, 6.45) is 0.315. The molecule has 0 saturated carbocycles. The molecule has 22 heavy (non-hydrogen) atoms. The zero-order chi connectivity index (χ0) is 17.0. The summed E-state index contributed by atoms with van der Waals surface area (Å²) in [6.45, 7) is 19.8. The molecule has 0 radical (unpaired) electrons. The molecule has 3 atom stereocenters. The second kappa shape index (κ2) is 8.17. The lowest BCUT2D eigenvalue weighted by molar-refractivity contribution is 0.123. The summed E-state index contributed by atoms with van der Waals surface area (Å²) in [5, 5.41) is 0. The maximum absolute atomic E-state index is 6.45. The standard InChI is InChI=1S/C13H34O5Si4/c1-19(16-20(2,3)4)17-22(8,18-21(5,6)7)10-9-14-11-13-12-15-13/h13,19H,9-12H2,1-8H3. The molecule has 1 heterocycles. The van der Waals surface area contributed by atoms with Gasteiger partial charge >= 0.3 is 8.56 Å². The molecule has 1 aliphatic heterocycles. The summed E-state index contributed by atoms with van der Waals surface area (Å²) in [4.78, 5) is 0. The van der Waals surface area contributed by atoms with Gasteiger partial charge in [0.2, 0.25) is 0 Å². The van der Waals surface area contributed by atoms with Crippen LogP contribution in [0.4, 0.5) is 0 Å². The first-order valence-electron chi connectivity index (χ1n) is 8.14. The van der Waals surface area contributed by atoms with E-state index in [0.29, 0.717) is 19.3 Å². The van der Waals surface area contributed by atoms with E-state index in [0.717, 1.165) is 12.7 Å². The molecule has 3 unspecified atom stereocenters. The van der Waals surface area contributed by atoms with E-state index in [4.69, 9.17) is 21.8 Å². The Hall–Kier alpha value is 0.668. The fourth-order valence-corrected chi connectivity index (χ4v) is 16.9. The molecule has 9 heteroatoms. The van der Waals surface area contributed by atoms with Gasteiger partial charge < -0.3 is 21.8 Å². The van der Waals surface area contributed by atoms with Gasteiger partial charge in [0, 0.05) is 12.7 Å². The van der Waals surface area contributed by atoms with E-state index in [1.54, 1.807) is 0 Å². The lowest BCUT2D eigenvalue weighted by Crippen LogP contribution is -2.52. The summed E-state index contributed by atoms with van der Waals surface area (Å²) in [7, 11) is -7.11. The minimum absolute atomic E-state index is 0.315. The molecular formula is C13H34O5Si4. The van der Waals surface area contributed by atoms with Crippen molar-refractivity contribution in [2.75, 3.05) is 19.8 Å². The van der Waals surface area contributed by atoms with Crippen molar-refractivity contribution in [2.24, 2.45) is 0 Å². The Bertz CT molecular complexity index is 340. The van der Waals surface area contributed by atoms with Gasteiger partial charge in [0.1, 0.15) is 6.10 Å². The maximum Gasteiger partial charge on any atom is 0.318 e. The van der Waals surface area contributed by atoms with E-state index in [-0.39, 0.29) is 0 Å². The number of ether oxygens (including phenoxy) is 2. The third kappa shape index (κ3) is 10.4. The Labute approximate surface area is 141 Å². The van der Waals surface area contributed by atoms with Crippen LogP contribution in [0.1, 0.15) is 0 Å². The summed E-state index contributed by atoms with van der Waals surface area (Å²) < 4.78 is 29.9. The van der Waals surface area contributed by atoms with Gasteiger partial charge in [0.15, 0.2) is 16.6 Å². The zero-order valence-electron chi connectivity index (χ0n) is 15.5. The van der Waals surface area contributed by atoms with Crippen LogP contribution in [0.3, 0.4) is 0 Å². The van der Waals surface area contributed by atoms with Crippen LogP contribution in [0.25, 0.3) is 0 Å². The molecule has 5 nitrogen and oxygen atoms in total. The highest BCUT2D eigenvalue weighted by Crippen LogP contribution is 2.22. The van der Waals surface area contributed by atoms with Crippen LogP contribution < -0.4 is 0 Å². The molecule has 0 aromatic heterocycles. The number of hydrogen-bond acceptors (Lipinski definition) is 5. The summed E-state index contributed by atoms with van der Waals surface area (Å²) >= 11 is 0. The fourth-order valence-electron chi connectivity index (χ4n) is 2.29. The summed E-state index contributed by atoms with van der Waals surface area (Å²) in [6, 6.07) is 0.858. The first-order chi connectivity index (χ1) is 9.89. The number of rotatable bonds is 11. The Morgan fingerprint density at radius 3 is 2.05 bits per heavy atom. The Balaban J connectivity index is 2.51. The van der Waals surface area contributed by atoms with E-state index in [1.165, 1.54) is 0 Å². The molecule has 1 aliphatic rings. The van der Waals surface area contributed by atoms with Crippen LogP contribution in [-0.2, 0) is 21.8 Å². The first-order valence-corrected chi connectivity index (χ1v) is 19.6. The molecule has 1 saturated heterocycles. The van der Waals surface area contributed by atoms with Gasteiger partial charge in [-0.3, -0.25) is 0 Å². The molecule has 0 aliphatic carbocycles. The van der Waals surface area contributed by atoms with Gasteiger partial charge in [-0.15, -0.1) is 0 Å². The van der Waals surface area contributed by atoms with Crippen molar-refractivity contribution in [1.82, 2.24) is 0 Å². The fraction of sp³-hybridized carbons (Fsp3) is 1.00. The van der Waals surface area contributed by atoms with Crippen molar-refractivity contribution in [2.45, 2.75) is 64.5 Å². The smallest absolute Gasteiger partial charge is 0.318 e. The lowest BCUT2D eigenvalue weighted by Gasteiger charge is -2.37. The van der Waals surface area contributed by atoms with Crippen LogP contribution >= 0.6 is 0 Å². The molecule has 0 N–H and O–H groups in total. The molecule has 0 amide bonds. The van der Waals surface area contributed by atoms with Crippen molar-refractivity contribution >= 4 is 34.5 Å². The highest BCUT2D eigenvalue weighted by Gasteiger charge is 2.39. The van der Waals surface area contributed by atoms with Crippen LogP contribution in [0.5, 0.6) is 0 Å². The molecule has 0 aromatic rings. The van der Waals surface area contributed by atoms with Crippen molar-refractivity contribution in [3.8, 4) is 0 Å². The second-order valence-electron chi connectivity index (χ2n) is 8.04. The van der Waals surface area contributed by atoms with Gasteiger partial charge in [-0.1, -0.05) is 0 Å². The van der Waals surface area contributed by atoms with E-state index in [1.807, 2.05) is 0 Å². The normalized spacial score (nSPS) is 23.2. The van der Waals surface area contributed by atoms with Gasteiger partial charge in [-0.2, -0.15) is 0 Å². The molecule has 132 valence electrons. The topological polar surface area (TPSA) is 49.5 Å². The van der Waals surface area contributed by atoms with Gasteiger partial charge in [0.05, 0.1) is 13.2 Å². The lowest BCUT2D eigenvalue weighted by atomic mass is 10.5. The maximum atomic E-state index is 6.45. The Morgan fingerprint density at radius 2 is 1.59 bits per heavy atom. The number of hydrogen-bond donors (Lipinski definition) is 0. The van der Waals surface area contributed by atoms with Gasteiger partial charge in [-0.05, 0) is 52.4 Å². The van der Waals surface area contributed by atoms with Crippen molar-refractivity contribution in [3.63, 3.8) is 0 Å². The van der Waals surface area contributed by atoms with Crippen LogP contribution in [0, 0.1) is 0 Å². The summed E-state index contributed by atoms with van der Waals surface area (Å²) in [5.74, 6) is 0. The predicted molar refractivity (Wildman–Crippen MR) is 99.9 cm³/mol. The summed E-state index contributed by atoms with van der Waals surface area (Å²) in [5.41, 5.74) is 0. The van der Waals surface area contributed by atoms with Crippen molar-refractivity contribution in [3.05, 3.63) is 0 Å². The Kier molecular flexibility index (Phi) is 7.69. The van der Waals surface area contributed by atoms with E-state index in [9.17, 15) is 0 Å². The molecule has 0 bridgehead atoms. The molecular weight excluding hydrogens is 348 g/mol. The third-order valence-electron chi connectivity index (χ3n) is 2.86. The Morgan fingerprint density at radius 1 is 1.00 bits per heavy atom. The van der Waals surface area contributed by atoms with Crippen molar-refractivity contribution in [1.29, 1.82) is 0 Å². The average molecular weight is 383 g/mol. The number of epoxide rings is 1. The largest absolute Gasteiger partial charge is 0.439 e. The average Bonchev–Trinajstić information content (AvgIpc) is 3.01. The molecule has 1 fully saturated rings. The second-order valence-corrected chi connectivity index (χ2v) is 23.1. The highest BCUT2D eigenvalue weighted by atomic mass is 28.5. The van der Waals surface area contributed by atoms with E-state index < -0.39 is 34.5 Å². The van der Waals surface area contributed by atoms with E-state index >= 15 is 0 Å². The molecule has 1 rings (SSSR count).